The topological polar surface area (TPSA) is 214 Å². The number of aliphatic hydroxyl groups is 7. The lowest BCUT2D eigenvalue weighted by molar-refractivity contribution is -0.332. The van der Waals surface area contributed by atoms with Gasteiger partial charge in [0.1, 0.15) is 54.9 Å². The van der Waals surface area contributed by atoms with Gasteiger partial charge in [0, 0.05) is 13.0 Å². The molecule has 0 radical (unpaired) electrons. The van der Waals surface area contributed by atoms with Gasteiger partial charge in [-0.25, -0.2) is 0 Å². The summed E-state index contributed by atoms with van der Waals surface area (Å²) in [6.45, 7) is 3.14. The molecule has 11 unspecified atom stereocenters. The minimum atomic E-state index is -1.71. The number of hydrogen-bond donors (Lipinski definition) is 7. The highest BCUT2D eigenvalue weighted by atomic mass is 16.7. The van der Waals surface area contributed by atoms with E-state index in [4.69, 9.17) is 28.4 Å². The molecule has 14 nitrogen and oxygen atoms in total. The second-order valence-corrected chi connectivity index (χ2v) is 13.4. The summed E-state index contributed by atoms with van der Waals surface area (Å²) in [5, 5.41) is 71.2. The molecule has 0 saturated carbocycles. The molecule has 0 aliphatic carbocycles. The molecule has 2 saturated heterocycles. The first-order chi connectivity index (χ1) is 26.1. The Bertz CT molecular complexity index is 1120. The number of carbonyl (C=O) groups excluding carboxylic acids is 1. The van der Waals surface area contributed by atoms with E-state index in [2.05, 4.69) is 67.7 Å². The van der Waals surface area contributed by atoms with E-state index < -0.39 is 86.7 Å². The highest BCUT2D eigenvalue weighted by molar-refractivity contribution is 5.69. The molecule has 2 aliphatic rings. The summed E-state index contributed by atoms with van der Waals surface area (Å²) >= 11 is 0. The third kappa shape index (κ3) is 18.5. The standard InChI is InChI=1S/C40H66O14/c1-3-5-7-8-9-10-11-12-13-14-15-16-17-18-19-20-21-22-24-49-26-29(52-32(42)23-6-4-2)27-50-39-38(48)36(46)34(44)31(54-39)28-51-40-37(47)35(45)33(43)30(25-41)53-40/h5,7,9-10,12-13,15-16,18-19,29-31,33-41,43-48H,3-4,6,8,11,14,17,20-28H2,1-2H3/b7-5-,10-9-,13-12-,16-15-,19-18-. The van der Waals surface area contributed by atoms with Gasteiger partial charge in [0.25, 0.3) is 0 Å². The van der Waals surface area contributed by atoms with Gasteiger partial charge in [-0.15, -0.1) is 0 Å². The van der Waals surface area contributed by atoms with E-state index in [1.165, 1.54) is 0 Å². The van der Waals surface area contributed by atoms with E-state index in [0.717, 1.165) is 57.8 Å². The molecular formula is C40H66O14. The van der Waals surface area contributed by atoms with Crippen LogP contribution in [0.5, 0.6) is 0 Å². The second kappa shape index (κ2) is 29.0. The van der Waals surface area contributed by atoms with Crippen molar-refractivity contribution in [1.82, 2.24) is 0 Å². The molecule has 54 heavy (non-hydrogen) atoms. The maximum Gasteiger partial charge on any atom is 0.306 e. The lowest BCUT2D eigenvalue weighted by Crippen LogP contribution is -2.61. The van der Waals surface area contributed by atoms with Crippen LogP contribution in [0, 0.1) is 0 Å². The fourth-order valence-electron chi connectivity index (χ4n) is 5.52. The van der Waals surface area contributed by atoms with Crippen LogP contribution >= 0.6 is 0 Å². The molecule has 14 heteroatoms. The molecule has 0 aromatic heterocycles. The zero-order valence-corrected chi connectivity index (χ0v) is 31.9. The summed E-state index contributed by atoms with van der Waals surface area (Å²) in [5.74, 6) is -0.432. The lowest BCUT2D eigenvalue weighted by atomic mass is 9.98. The molecule has 11 atom stereocenters. The third-order valence-electron chi connectivity index (χ3n) is 8.79. The van der Waals surface area contributed by atoms with Crippen molar-refractivity contribution in [2.45, 2.75) is 152 Å². The van der Waals surface area contributed by atoms with Gasteiger partial charge in [0.15, 0.2) is 12.6 Å². The van der Waals surface area contributed by atoms with Gasteiger partial charge in [-0.1, -0.05) is 81.0 Å². The van der Waals surface area contributed by atoms with Gasteiger partial charge in [-0.05, 0) is 57.8 Å². The number of esters is 1. The first kappa shape index (κ1) is 47.8. The molecule has 310 valence electrons. The van der Waals surface area contributed by atoms with Crippen LogP contribution in [-0.2, 0) is 33.2 Å². The molecule has 0 aromatic carbocycles. The van der Waals surface area contributed by atoms with Crippen LogP contribution in [0.15, 0.2) is 60.8 Å². The van der Waals surface area contributed by atoms with Crippen LogP contribution < -0.4 is 0 Å². The molecule has 2 fully saturated rings. The van der Waals surface area contributed by atoms with Gasteiger partial charge >= 0.3 is 5.97 Å². The Morgan fingerprint density at radius 2 is 1.17 bits per heavy atom. The summed E-state index contributed by atoms with van der Waals surface area (Å²) in [4.78, 5) is 12.4. The number of rotatable bonds is 27. The minimum Gasteiger partial charge on any atom is -0.457 e. The Hall–Kier alpha value is -2.31. The zero-order chi connectivity index (χ0) is 39.6. The summed E-state index contributed by atoms with van der Waals surface area (Å²) in [6.07, 6.45) is 14.4. The number of ether oxygens (including phenoxy) is 6. The second-order valence-electron chi connectivity index (χ2n) is 13.4. The van der Waals surface area contributed by atoms with Gasteiger partial charge in [-0.3, -0.25) is 4.79 Å². The van der Waals surface area contributed by atoms with Crippen molar-refractivity contribution in [3.63, 3.8) is 0 Å². The number of aliphatic hydroxyl groups excluding tert-OH is 7. The maximum absolute atomic E-state index is 12.4. The molecule has 2 heterocycles. The average Bonchev–Trinajstić information content (AvgIpc) is 3.17. The maximum atomic E-state index is 12.4. The Balaban J connectivity index is 1.75. The van der Waals surface area contributed by atoms with E-state index in [-0.39, 0.29) is 19.6 Å². The first-order valence-corrected chi connectivity index (χ1v) is 19.4. The van der Waals surface area contributed by atoms with Crippen LogP contribution in [0.25, 0.3) is 0 Å². The van der Waals surface area contributed by atoms with E-state index >= 15 is 0 Å². The monoisotopic (exact) mass is 770 g/mol. The van der Waals surface area contributed by atoms with Gasteiger partial charge in [0.05, 0.1) is 26.4 Å². The highest BCUT2D eigenvalue weighted by Gasteiger charge is 2.47. The van der Waals surface area contributed by atoms with E-state index in [1.807, 2.05) is 6.92 Å². The SMILES string of the molecule is CC/C=C\C/C=C\C/C=C\C/C=C\C/C=C\CCCCOCC(COC1OC(COC2OC(CO)C(O)C(O)C2O)C(O)C(O)C1O)OC(=O)CCCC. The number of carbonyl (C=O) groups is 1. The van der Waals surface area contributed by atoms with Crippen molar-refractivity contribution in [2.75, 3.05) is 33.0 Å². The number of hydrogen-bond acceptors (Lipinski definition) is 14. The summed E-state index contributed by atoms with van der Waals surface area (Å²) in [7, 11) is 0. The summed E-state index contributed by atoms with van der Waals surface area (Å²) < 4.78 is 33.5. The third-order valence-corrected chi connectivity index (χ3v) is 8.79. The summed E-state index contributed by atoms with van der Waals surface area (Å²) in [5.41, 5.74) is 0. The molecule has 2 aliphatic heterocycles. The molecule has 0 amide bonds. The van der Waals surface area contributed by atoms with Crippen molar-refractivity contribution in [2.24, 2.45) is 0 Å². The van der Waals surface area contributed by atoms with E-state index in [0.29, 0.717) is 13.0 Å². The van der Waals surface area contributed by atoms with E-state index in [9.17, 15) is 40.5 Å². The largest absolute Gasteiger partial charge is 0.457 e. The van der Waals surface area contributed by atoms with Crippen molar-refractivity contribution >= 4 is 5.97 Å². The molecule has 0 spiro atoms. The first-order valence-electron chi connectivity index (χ1n) is 19.4. The predicted octanol–water partition coefficient (Wildman–Crippen LogP) is 2.67. The Morgan fingerprint density at radius 1 is 0.630 bits per heavy atom. The summed E-state index contributed by atoms with van der Waals surface area (Å²) in [6, 6.07) is 0. The van der Waals surface area contributed by atoms with Gasteiger partial charge in [-0.2, -0.15) is 0 Å². The molecule has 0 aromatic rings. The van der Waals surface area contributed by atoms with Crippen molar-refractivity contribution in [1.29, 1.82) is 0 Å². The minimum absolute atomic E-state index is 0.0250. The van der Waals surface area contributed by atoms with Crippen LogP contribution in [0.2, 0.25) is 0 Å². The lowest BCUT2D eigenvalue weighted by Gasteiger charge is -2.42. The van der Waals surface area contributed by atoms with Crippen molar-refractivity contribution in [3.8, 4) is 0 Å². The van der Waals surface area contributed by atoms with Crippen molar-refractivity contribution in [3.05, 3.63) is 60.8 Å². The van der Waals surface area contributed by atoms with Gasteiger partial charge in [0.2, 0.25) is 0 Å². The molecule has 7 N–H and O–H groups in total. The zero-order valence-electron chi connectivity index (χ0n) is 31.9. The van der Waals surface area contributed by atoms with Crippen LogP contribution in [-0.4, -0.2) is 142 Å². The quantitative estimate of drug-likeness (QED) is 0.0364. The van der Waals surface area contributed by atoms with Crippen LogP contribution in [0.1, 0.15) is 84.5 Å². The fourth-order valence-corrected chi connectivity index (χ4v) is 5.52. The highest BCUT2D eigenvalue weighted by Crippen LogP contribution is 2.26. The molecule has 2 rings (SSSR count). The number of unbranched alkanes of at least 4 members (excludes halogenated alkanes) is 3. The molecular weight excluding hydrogens is 704 g/mol. The predicted molar refractivity (Wildman–Crippen MR) is 201 cm³/mol. The Morgan fingerprint density at radius 3 is 1.74 bits per heavy atom. The fraction of sp³-hybridized carbons (Fsp3) is 0.725. The van der Waals surface area contributed by atoms with Crippen LogP contribution in [0.3, 0.4) is 0 Å². The Labute approximate surface area is 320 Å². The van der Waals surface area contributed by atoms with Gasteiger partial charge < -0.3 is 64.2 Å². The average molecular weight is 771 g/mol. The van der Waals surface area contributed by atoms with E-state index in [1.54, 1.807) is 0 Å². The number of allylic oxidation sites excluding steroid dienone is 10. The van der Waals surface area contributed by atoms with Crippen molar-refractivity contribution < 1.29 is 69.0 Å². The molecule has 0 bridgehead atoms. The van der Waals surface area contributed by atoms with Crippen LogP contribution in [0.4, 0.5) is 0 Å². The Kier molecular flexibility index (Phi) is 25.7. The normalized spacial score (nSPS) is 30.1. The smallest absolute Gasteiger partial charge is 0.306 e.